The second-order valence-electron chi connectivity index (χ2n) is 4.64. The molecule has 0 fully saturated rings. The van der Waals surface area contributed by atoms with Crippen LogP contribution in [0.15, 0.2) is 22.7 Å². The van der Waals surface area contributed by atoms with Crippen molar-refractivity contribution in [3.05, 3.63) is 28.2 Å². The Balaban J connectivity index is 3.12. The third-order valence-electron chi connectivity index (χ3n) is 3.69. The molecule has 4 N–H and O–H groups in total. The fourth-order valence-corrected chi connectivity index (χ4v) is 2.37. The molecule has 0 saturated heterocycles. The predicted molar refractivity (Wildman–Crippen MR) is 81.8 cm³/mol. The Morgan fingerprint density at radius 1 is 1.35 bits per heavy atom. The van der Waals surface area contributed by atoms with Crippen LogP contribution in [0.2, 0.25) is 0 Å². The first-order valence-electron chi connectivity index (χ1n) is 6.44. The summed E-state index contributed by atoms with van der Waals surface area (Å²) < 4.78 is 0.698. The Kier molecular flexibility index (Phi) is 5.71. The predicted octanol–water partition coefficient (Wildman–Crippen LogP) is 2.85. The van der Waals surface area contributed by atoms with Crippen molar-refractivity contribution in [2.24, 2.45) is 11.1 Å². The summed E-state index contributed by atoms with van der Waals surface area (Å²) >= 11 is 3.27. The molecular formula is C14H19BrN2O3. The van der Waals surface area contributed by atoms with Crippen molar-refractivity contribution in [1.29, 1.82) is 0 Å². The van der Waals surface area contributed by atoms with Gasteiger partial charge in [-0.25, -0.2) is 4.79 Å². The summed E-state index contributed by atoms with van der Waals surface area (Å²) in [5.41, 5.74) is 5.39. The van der Waals surface area contributed by atoms with Gasteiger partial charge in [-0.3, -0.25) is 4.79 Å². The maximum atomic E-state index is 12.4. The number of halogens is 1. The number of carboxylic acid groups (broad SMARTS) is 1. The van der Waals surface area contributed by atoms with Crippen LogP contribution in [-0.2, 0) is 4.79 Å². The van der Waals surface area contributed by atoms with E-state index in [2.05, 4.69) is 21.2 Å². The average molecular weight is 343 g/mol. The van der Waals surface area contributed by atoms with E-state index in [1.165, 1.54) is 6.07 Å². The van der Waals surface area contributed by atoms with Crippen LogP contribution < -0.4 is 11.1 Å². The number of carbonyl (C=O) groups excluding carboxylic acids is 1. The van der Waals surface area contributed by atoms with Crippen molar-refractivity contribution in [1.82, 2.24) is 0 Å². The molecule has 110 valence electrons. The molecule has 0 bridgehead atoms. The summed E-state index contributed by atoms with van der Waals surface area (Å²) in [6, 6.07) is 4.65. The van der Waals surface area contributed by atoms with Crippen LogP contribution in [-0.4, -0.2) is 23.5 Å². The summed E-state index contributed by atoms with van der Waals surface area (Å²) in [5.74, 6) is -1.33. The summed E-state index contributed by atoms with van der Waals surface area (Å²) in [5, 5.41) is 11.8. The van der Waals surface area contributed by atoms with Crippen molar-refractivity contribution >= 4 is 33.5 Å². The number of benzene rings is 1. The van der Waals surface area contributed by atoms with Crippen molar-refractivity contribution in [2.45, 2.75) is 26.7 Å². The van der Waals surface area contributed by atoms with E-state index >= 15 is 0 Å². The lowest BCUT2D eigenvalue weighted by Gasteiger charge is -2.28. The molecule has 1 aromatic rings. The SMILES string of the molecule is CCC(CC)(CN)C(=O)Nc1cc(Br)ccc1C(=O)O. The molecule has 0 heterocycles. The molecule has 0 aromatic heterocycles. The molecule has 0 aliphatic carbocycles. The number of carboxylic acids is 1. The molecule has 6 heteroatoms. The van der Waals surface area contributed by atoms with Crippen LogP contribution in [0.1, 0.15) is 37.0 Å². The van der Waals surface area contributed by atoms with Gasteiger partial charge in [0.15, 0.2) is 0 Å². The van der Waals surface area contributed by atoms with E-state index in [9.17, 15) is 9.59 Å². The van der Waals surface area contributed by atoms with Gasteiger partial charge in [0.25, 0.3) is 0 Å². The monoisotopic (exact) mass is 342 g/mol. The Labute approximate surface area is 126 Å². The highest BCUT2D eigenvalue weighted by atomic mass is 79.9. The van der Waals surface area contributed by atoms with Gasteiger partial charge in [0.05, 0.1) is 16.7 Å². The number of anilines is 1. The number of hydrogen-bond acceptors (Lipinski definition) is 3. The zero-order valence-electron chi connectivity index (χ0n) is 11.6. The van der Waals surface area contributed by atoms with Crippen LogP contribution in [0.4, 0.5) is 5.69 Å². The summed E-state index contributed by atoms with van der Waals surface area (Å²) in [7, 11) is 0. The zero-order chi connectivity index (χ0) is 15.3. The normalized spacial score (nSPS) is 11.2. The smallest absolute Gasteiger partial charge is 0.337 e. The number of nitrogens with two attached hydrogens (primary N) is 1. The third kappa shape index (κ3) is 3.37. The molecular weight excluding hydrogens is 324 g/mol. The molecule has 1 amide bonds. The summed E-state index contributed by atoms with van der Waals surface area (Å²) in [6.45, 7) is 4.02. The Hall–Kier alpha value is -1.40. The van der Waals surface area contributed by atoms with E-state index in [1.54, 1.807) is 12.1 Å². The van der Waals surface area contributed by atoms with Crippen LogP contribution in [0.3, 0.4) is 0 Å². The standard InChI is InChI=1S/C14H19BrN2O3/c1-3-14(4-2,8-16)13(20)17-11-7-9(15)5-6-10(11)12(18)19/h5-7H,3-4,8,16H2,1-2H3,(H,17,20)(H,18,19). The molecule has 0 atom stereocenters. The first-order chi connectivity index (χ1) is 9.40. The molecule has 0 aliphatic rings. The van der Waals surface area contributed by atoms with E-state index in [1.807, 2.05) is 13.8 Å². The van der Waals surface area contributed by atoms with Gasteiger partial charge in [0.2, 0.25) is 5.91 Å². The summed E-state index contributed by atoms with van der Waals surface area (Å²) in [6.07, 6.45) is 1.20. The van der Waals surface area contributed by atoms with Gasteiger partial charge in [-0.15, -0.1) is 0 Å². The second-order valence-corrected chi connectivity index (χ2v) is 5.56. The first-order valence-corrected chi connectivity index (χ1v) is 7.23. The first kappa shape index (κ1) is 16.7. The van der Waals surface area contributed by atoms with Gasteiger partial charge >= 0.3 is 5.97 Å². The lowest BCUT2D eigenvalue weighted by atomic mass is 9.81. The maximum absolute atomic E-state index is 12.4. The van der Waals surface area contributed by atoms with E-state index in [0.717, 1.165) is 0 Å². The van der Waals surface area contributed by atoms with Gasteiger partial charge in [0, 0.05) is 11.0 Å². The van der Waals surface area contributed by atoms with Gasteiger partial charge in [-0.1, -0.05) is 29.8 Å². The molecule has 5 nitrogen and oxygen atoms in total. The number of hydrogen-bond donors (Lipinski definition) is 3. The van der Waals surface area contributed by atoms with Crippen molar-refractivity contribution < 1.29 is 14.7 Å². The summed E-state index contributed by atoms with van der Waals surface area (Å²) in [4.78, 5) is 23.6. The largest absolute Gasteiger partial charge is 0.478 e. The van der Waals surface area contributed by atoms with E-state index < -0.39 is 11.4 Å². The highest BCUT2D eigenvalue weighted by Crippen LogP contribution is 2.29. The van der Waals surface area contributed by atoms with Crippen molar-refractivity contribution in [3.63, 3.8) is 0 Å². The molecule has 0 radical (unpaired) electrons. The minimum atomic E-state index is -1.08. The fourth-order valence-electron chi connectivity index (χ4n) is 2.01. The van der Waals surface area contributed by atoms with Crippen LogP contribution in [0, 0.1) is 5.41 Å². The third-order valence-corrected chi connectivity index (χ3v) is 4.18. The Bertz CT molecular complexity index is 505. The minimum Gasteiger partial charge on any atom is -0.478 e. The lowest BCUT2D eigenvalue weighted by Crippen LogP contribution is -2.41. The van der Waals surface area contributed by atoms with E-state index in [0.29, 0.717) is 17.3 Å². The molecule has 0 saturated carbocycles. The molecule has 1 aromatic carbocycles. The quantitative estimate of drug-likeness (QED) is 0.741. The molecule has 0 aliphatic heterocycles. The van der Waals surface area contributed by atoms with Gasteiger partial charge in [-0.2, -0.15) is 0 Å². The minimum absolute atomic E-state index is 0.0553. The van der Waals surface area contributed by atoms with Crippen LogP contribution in [0.25, 0.3) is 0 Å². The number of aromatic carboxylic acids is 1. The Morgan fingerprint density at radius 2 is 1.95 bits per heavy atom. The highest BCUT2D eigenvalue weighted by Gasteiger charge is 2.33. The van der Waals surface area contributed by atoms with Gasteiger partial charge in [-0.05, 0) is 31.0 Å². The van der Waals surface area contributed by atoms with E-state index in [-0.39, 0.29) is 23.7 Å². The van der Waals surface area contributed by atoms with Crippen molar-refractivity contribution in [3.8, 4) is 0 Å². The van der Waals surface area contributed by atoms with Gasteiger partial charge < -0.3 is 16.2 Å². The van der Waals surface area contributed by atoms with Crippen molar-refractivity contribution in [2.75, 3.05) is 11.9 Å². The highest BCUT2D eigenvalue weighted by molar-refractivity contribution is 9.10. The van der Waals surface area contributed by atoms with E-state index in [4.69, 9.17) is 10.8 Å². The fraction of sp³-hybridized carbons (Fsp3) is 0.429. The number of rotatable bonds is 6. The number of amides is 1. The topological polar surface area (TPSA) is 92.4 Å². The molecule has 20 heavy (non-hydrogen) atoms. The van der Waals surface area contributed by atoms with Crippen LogP contribution in [0.5, 0.6) is 0 Å². The molecule has 0 spiro atoms. The van der Waals surface area contributed by atoms with Crippen LogP contribution >= 0.6 is 15.9 Å². The average Bonchev–Trinajstić information content (AvgIpc) is 2.41. The lowest BCUT2D eigenvalue weighted by molar-refractivity contribution is -0.125. The number of nitrogens with one attached hydrogen (secondary N) is 1. The molecule has 0 unspecified atom stereocenters. The van der Waals surface area contributed by atoms with Gasteiger partial charge in [0.1, 0.15) is 0 Å². The number of carbonyl (C=O) groups is 2. The maximum Gasteiger partial charge on any atom is 0.337 e. The second kappa shape index (κ2) is 6.85. The zero-order valence-corrected chi connectivity index (χ0v) is 13.2. The molecule has 1 rings (SSSR count). The Morgan fingerprint density at radius 3 is 2.40 bits per heavy atom.